The van der Waals surface area contributed by atoms with Gasteiger partial charge in [0.25, 0.3) is 0 Å². The molecule has 0 heterocycles. The normalized spacial score (nSPS) is 12.6. The van der Waals surface area contributed by atoms with Gasteiger partial charge in [0.1, 0.15) is 11.7 Å². The van der Waals surface area contributed by atoms with E-state index in [-0.39, 0.29) is 18.1 Å². The first kappa shape index (κ1) is 14.1. The molecule has 0 bridgehead atoms. The maximum absolute atomic E-state index is 11.7. The smallest absolute Gasteiger partial charge is 0.316 e. The summed E-state index contributed by atoms with van der Waals surface area (Å²) in [5, 5.41) is 0. The number of Topliss-reactive ketones (excluding diaryl/α,β-unsaturated/α-hetero) is 1. The molecule has 0 spiro atoms. The highest BCUT2D eigenvalue weighted by Crippen LogP contribution is 2.16. The molecule has 0 rings (SSSR count). The molecule has 0 N–H and O–H groups in total. The lowest BCUT2D eigenvalue weighted by molar-refractivity contribution is -0.153. The average Bonchev–Trinajstić information content (AvgIpc) is 2.14. The summed E-state index contributed by atoms with van der Waals surface area (Å²) in [4.78, 5) is 23.2. The fourth-order valence-electron chi connectivity index (χ4n) is 1.37. The second-order valence-corrected chi connectivity index (χ2v) is 3.68. The van der Waals surface area contributed by atoms with Gasteiger partial charge in [-0.3, -0.25) is 9.59 Å². The van der Waals surface area contributed by atoms with Crippen LogP contribution in [-0.4, -0.2) is 32.1 Å². The van der Waals surface area contributed by atoms with Gasteiger partial charge in [-0.15, -0.1) is 0 Å². The van der Waals surface area contributed by atoms with Gasteiger partial charge in [-0.1, -0.05) is 13.8 Å². The molecule has 4 heteroatoms. The summed E-state index contributed by atoms with van der Waals surface area (Å²) in [6.45, 7) is 6.06. The number of esters is 1. The minimum atomic E-state index is -0.653. The zero-order chi connectivity index (χ0) is 11.8. The van der Waals surface area contributed by atoms with Crippen LogP contribution in [0.15, 0.2) is 0 Å². The highest BCUT2D eigenvalue weighted by molar-refractivity contribution is 5.99. The van der Waals surface area contributed by atoms with Gasteiger partial charge in [-0.25, -0.2) is 0 Å². The Morgan fingerprint density at radius 2 is 1.87 bits per heavy atom. The van der Waals surface area contributed by atoms with Crippen molar-refractivity contribution in [1.82, 2.24) is 0 Å². The number of hydrogen-bond acceptors (Lipinski definition) is 4. The van der Waals surface area contributed by atoms with E-state index in [1.165, 1.54) is 7.11 Å². The Morgan fingerprint density at radius 3 is 2.27 bits per heavy atom. The summed E-state index contributed by atoms with van der Waals surface area (Å²) < 4.78 is 9.67. The fourth-order valence-corrected chi connectivity index (χ4v) is 1.37. The molecule has 1 unspecified atom stereocenters. The van der Waals surface area contributed by atoms with Crippen LogP contribution in [0, 0.1) is 11.8 Å². The molecule has 0 aliphatic heterocycles. The van der Waals surface area contributed by atoms with Crippen LogP contribution in [0.2, 0.25) is 0 Å². The summed E-state index contributed by atoms with van der Waals surface area (Å²) in [5.41, 5.74) is 0. The van der Waals surface area contributed by atoms with Gasteiger partial charge in [0.05, 0.1) is 13.2 Å². The summed E-state index contributed by atoms with van der Waals surface area (Å²) in [6, 6.07) is 0. The molecule has 15 heavy (non-hydrogen) atoms. The molecule has 0 aliphatic carbocycles. The summed E-state index contributed by atoms with van der Waals surface area (Å²) in [6.07, 6.45) is 0.262. The molecule has 88 valence electrons. The number of methoxy groups -OCH3 is 1. The molecular weight excluding hydrogens is 196 g/mol. The van der Waals surface area contributed by atoms with E-state index in [1.54, 1.807) is 6.92 Å². The Labute approximate surface area is 90.9 Å². The van der Waals surface area contributed by atoms with E-state index in [4.69, 9.17) is 9.47 Å². The quantitative estimate of drug-likeness (QED) is 0.477. The van der Waals surface area contributed by atoms with Gasteiger partial charge in [0.15, 0.2) is 0 Å². The van der Waals surface area contributed by atoms with Crippen molar-refractivity contribution in [3.63, 3.8) is 0 Å². The first-order chi connectivity index (χ1) is 7.04. The zero-order valence-electron chi connectivity index (χ0n) is 9.91. The fraction of sp³-hybridized carbons (Fsp3) is 0.818. The van der Waals surface area contributed by atoms with Crippen molar-refractivity contribution in [1.29, 1.82) is 0 Å². The van der Waals surface area contributed by atoms with E-state index in [0.717, 1.165) is 0 Å². The molecule has 0 saturated heterocycles. The molecule has 0 aromatic carbocycles. The predicted octanol–water partition coefficient (Wildman–Crippen LogP) is 1.43. The Hall–Kier alpha value is -0.900. The van der Waals surface area contributed by atoms with Crippen molar-refractivity contribution in [2.45, 2.75) is 27.2 Å². The van der Waals surface area contributed by atoms with Crippen LogP contribution >= 0.6 is 0 Å². The molecule has 0 fully saturated rings. The minimum Gasteiger partial charge on any atom is -0.465 e. The van der Waals surface area contributed by atoms with E-state index < -0.39 is 11.9 Å². The molecule has 0 aliphatic rings. The van der Waals surface area contributed by atoms with Gasteiger partial charge in [0.2, 0.25) is 0 Å². The van der Waals surface area contributed by atoms with Crippen molar-refractivity contribution < 1.29 is 19.1 Å². The zero-order valence-corrected chi connectivity index (χ0v) is 9.91. The summed E-state index contributed by atoms with van der Waals surface area (Å²) in [5.74, 6) is -1.22. The Kier molecular flexibility index (Phi) is 6.96. The molecule has 0 radical (unpaired) electrons. The maximum atomic E-state index is 11.7. The minimum absolute atomic E-state index is 0.0339. The van der Waals surface area contributed by atoms with Crippen LogP contribution in [0.3, 0.4) is 0 Å². The number of hydrogen-bond donors (Lipinski definition) is 0. The van der Waals surface area contributed by atoms with E-state index >= 15 is 0 Å². The SMILES string of the molecule is CCOC(=O)C(C(=O)CCOC)C(C)C. The van der Waals surface area contributed by atoms with Gasteiger partial charge in [-0.05, 0) is 12.8 Å². The van der Waals surface area contributed by atoms with Gasteiger partial charge >= 0.3 is 5.97 Å². The van der Waals surface area contributed by atoms with Gasteiger partial charge in [-0.2, -0.15) is 0 Å². The Morgan fingerprint density at radius 1 is 1.27 bits per heavy atom. The highest BCUT2D eigenvalue weighted by Gasteiger charge is 2.30. The monoisotopic (exact) mass is 216 g/mol. The number of carbonyl (C=O) groups excluding carboxylic acids is 2. The second kappa shape index (κ2) is 7.40. The van der Waals surface area contributed by atoms with E-state index in [2.05, 4.69) is 0 Å². The number of ketones is 1. The second-order valence-electron chi connectivity index (χ2n) is 3.68. The first-order valence-electron chi connectivity index (χ1n) is 5.22. The lowest BCUT2D eigenvalue weighted by Crippen LogP contribution is -2.31. The molecule has 0 amide bonds. The molecule has 4 nitrogen and oxygen atoms in total. The average molecular weight is 216 g/mol. The number of ether oxygens (including phenoxy) is 2. The molecular formula is C11H20O4. The third-order valence-corrected chi connectivity index (χ3v) is 2.11. The van der Waals surface area contributed by atoms with Crippen LogP contribution in [-0.2, 0) is 19.1 Å². The third kappa shape index (κ3) is 4.93. The van der Waals surface area contributed by atoms with Crippen molar-refractivity contribution >= 4 is 11.8 Å². The van der Waals surface area contributed by atoms with Gasteiger partial charge < -0.3 is 9.47 Å². The maximum Gasteiger partial charge on any atom is 0.316 e. The lowest BCUT2D eigenvalue weighted by atomic mass is 9.90. The summed E-state index contributed by atoms with van der Waals surface area (Å²) >= 11 is 0. The van der Waals surface area contributed by atoms with Crippen LogP contribution in [0.5, 0.6) is 0 Å². The first-order valence-corrected chi connectivity index (χ1v) is 5.22. The van der Waals surface area contributed by atoms with Crippen LogP contribution in [0.4, 0.5) is 0 Å². The third-order valence-electron chi connectivity index (χ3n) is 2.11. The van der Waals surface area contributed by atoms with Gasteiger partial charge in [0, 0.05) is 13.5 Å². The van der Waals surface area contributed by atoms with Crippen LogP contribution < -0.4 is 0 Å². The van der Waals surface area contributed by atoms with Crippen LogP contribution in [0.25, 0.3) is 0 Å². The van der Waals surface area contributed by atoms with E-state index in [0.29, 0.717) is 13.2 Å². The van der Waals surface area contributed by atoms with Crippen molar-refractivity contribution in [3.8, 4) is 0 Å². The highest BCUT2D eigenvalue weighted by atomic mass is 16.5. The Balaban J connectivity index is 4.37. The molecule has 1 atom stereocenters. The molecule has 0 saturated carbocycles. The lowest BCUT2D eigenvalue weighted by Gasteiger charge is -2.17. The standard InChI is InChI=1S/C11H20O4/c1-5-15-11(13)10(8(2)3)9(12)6-7-14-4/h8,10H,5-7H2,1-4H3. The van der Waals surface area contributed by atoms with Crippen molar-refractivity contribution in [2.24, 2.45) is 11.8 Å². The van der Waals surface area contributed by atoms with Crippen molar-refractivity contribution in [2.75, 3.05) is 20.3 Å². The van der Waals surface area contributed by atoms with Crippen LogP contribution in [0.1, 0.15) is 27.2 Å². The topological polar surface area (TPSA) is 52.6 Å². The Bertz CT molecular complexity index is 211. The molecule has 0 aromatic heterocycles. The van der Waals surface area contributed by atoms with E-state index in [9.17, 15) is 9.59 Å². The largest absolute Gasteiger partial charge is 0.465 e. The predicted molar refractivity (Wildman–Crippen MR) is 56.5 cm³/mol. The number of rotatable bonds is 7. The van der Waals surface area contributed by atoms with Crippen molar-refractivity contribution in [3.05, 3.63) is 0 Å². The summed E-state index contributed by atoms with van der Waals surface area (Å²) in [7, 11) is 1.53. The molecule has 0 aromatic rings. The number of carbonyl (C=O) groups is 2. The van der Waals surface area contributed by atoms with E-state index in [1.807, 2.05) is 13.8 Å².